The average molecular weight is 301 g/mol. The van der Waals surface area contributed by atoms with Gasteiger partial charge in [0.05, 0.1) is 11.1 Å². The van der Waals surface area contributed by atoms with Gasteiger partial charge in [0, 0.05) is 18.8 Å². The first kappa shape index (κ1) is 14.6. The molecule has 1 aromatic rings. The highest BCUT2D eigenvalue weighted by molar-refractivity contribution is 6.22. The molecule has 3 rings (SSSR count). The number of carbonyl (C=O) groups excluding carboxylic acids is 3. The van der Waals surface area contributed by atoms with Crippen LogP contribution in [0.4, 0.5) is 10.5 Å². The molecule has 6 heteroatoms. The molecule has 1 aromatic carbocycles. The molecule has 1 saturated carbocycles. The maximum atomic E-state index is 12.6. The van der Waals surface area contributed by atoms with E-state index in [1.165, 1.54) is 18.4 Å². The highest BCUT2D eigenvalue weighted by Crippen LogP contribution is 2.32. The Morgan fingerprint density at radius 3 is 2.45 bits per heavy atom. The molecule has 0 spiro atoms. The van der Waals surface area contributed by atoms with Crippen LogP contribution in [0.5, 0.6) is 0 Å². The van der Waals surface area contributed by atoms with E-state index in [9.17, 15) is 14.4 Å². The third-order valence-electron chi connectivity index (χ3n) is 4.34. The fourth-order valence-corrected chi connectivity index (χ4v) is 3.20. The summed E-state index contributed by atoms with van der Waals surface area (Å²) in [7, 11) is 1.52. The van der Waals surface area contributed by atoms with Crippen LogP contribution in [-0.4, -0.2) is 35.8 Å². The smallest absolute Gasteiger partial charge is 0.318 e. The van der Waals surface area contributed by atoms with E-state index in [1.54, 1.807) is 18.2 Å². The van der Waals surface area contributed by atoms with Crippen LogP contribution in [0.15, 0.2) is 18.2 Å². The first-order valence-electron chi connectivity index (χ1n) is 7.62. The highest BCUT2D eigenvalue weighted by atomic mass is 16.2. The first-order chi connectivity index (χ1) is 10.6. The van der Waals surface area contributed by atoms with Gasteiger partial charge in [-0.15, -0.1) is 0 Å². The topological polar surface area (TPSA) is 78.5 Å². The summed E-state index contributed by atoms with van der Waals surface area (Å²) < 4.78 is 0. The summed E-state index contributed by atoms with van der Waals surface area (Å²) in [6.07, 6.45) is 5.05. The lowest BCUT2D eigenvalue weighted by Gasteiger charge is -2.29. The number of nitrogens with one attached hydrogen (secondary N) is 2. The van der Waals surface area contributed by atoms with Gasteiger partial charge in [-0.3, -0.25) is 14.5 Å². The fourth-order valence-electron chi connectivity index (χ4n) is 3.20. The minimum absolute atomic E-state index is 0.0106. The van der Waals surface area contributed by atoms with E-state index < -0.39 is 0 Å². The second-order valence-electron chi connectivity index (χ2n) is 5.74. The van der Waals surface area contributed by atoms with Crippen LogP contribution in [0, 0.1) is 0 Å². The predicted octanol–water partition coefficient (Wildman–Crippen LogP) is 2.37. The summed E-state index contributed by atoms with van der Waals surface area (Å²) in [5, 5.41) is 5.07. The van der Waals surface area contributed by atoms with Crippen molar-refractivity contribution in [1.82, 2.24) is 10.2 Å². The fraction of sp³-hybridized carbons (Fsp3) is 0.438. The molecular weight excluding hydrogens is 282 g/mol. The van der Waals surface area contributed by atoms with Crippen molar-refractivity contribution in [3.05, 3.63) is 29.3 Å². The van der Waals surface area contributed by atoms with Gasteiger partial charge in [0.1, 0.15) is 0 Å². The van der Waals surface area contributed by atoms with Crippen molar-refractivity contribution in [3.8, 4) is 0 Å². The first-order valence-corrected chi connectivity index (χ1v) is 7.62. The molecule has 1 fully saturated rings. The highest BCUT2D eigenvalue weighted by Gasteiger charge is 2.40. The molecule has 4 amide bonds. The Morgan fingerprint density at radius 1 is 1.09 bits per heavy atom. The second-order valence-corrected chi connectivity index (χ2v) is 5.74. The van der Waals surface area contributed by atoms with Crippen molar-refractivity contribution in [2.45, 2.75) is 38.1 Å². The zero-order valence-corrected chi connectivity index (χ0v) is 12.5. The van der Waals surface area contributed by atoms with Crippen LogP contribution in [0.2, 0.25) is 0 Å². The molecule has 0 unspecified atom stereocenters. The largest absolute Gasteiger partial charge is 0.341 e. The molecule has 1 aliphatic heterocycles. The number of nitrogens with zero attached hydrogens (tertiary/aromatic N) is 1. The lowest BCUT2D eigenvalue weighted by atomic mass is 9.94. The van der Waals surface area contributed by atoms with Gasteiger partial charge in [0.25, 0.3) is 11.8 Å². The normalized spacial score (nSPS) is 18.3. The van der Waals surface area contributed by atoms with Crippen LogP contribution in [0.3, 0.4) is 0 Å². The number of imide groups is 1. The third-order valence-corrected chi connectivity index (χ3v) is 4.34. The Kier molecular flexibility index (Phi) is 3.83. The number of carbonyl (C=O) groups is 3. The van der Waals surface area contributed by atoms with Gasteiger partial charge < -0.3 is 10.6 Å². The van der Waals surface area contributed by atoms with Crippen molar-refractivity contribution in [2.75, 3.05) is 12.4 Å². The molecule has 0 bridgehead atoms. The Labute approximate surface area is 128 Å². The van der Waals surface area contributed by atoms with Crippen molar-refractivity contribution in [2.24, 2.45) is 0 Å². The van der Waals surface area contributed by atoms with Gasteiger partial charge in [-0.2, -0.15) is 0 Å². The molecule has 22 heavy (non-hydrogen) atoms. The van der Waals surface area contributed by atoms with Gasteiger partial charge in [0.15, 0.2) is 0 Å². The number of fused-ring (bicyclic) bond motifs is 1. The Bertz CT molecular complexity index is 636. The monoisotopic (exact) mass is 301 g/mol. The Balaban J connectivity index is 1.87. The zero-order valence-electron chi connectivity index (χ0n) is 12.5. The van der Waals surface area contributed by atoms with E-state index in [1.807, 2.05) is 0 Å². The SMILES string of the molecule is CNC(=O)Nc1ccc2c(c1)C(=O)N(C1CCCCC1)C2=O. The quantitative estimate of drug-likeness (QED) is 0.823. The van der Waals surface area contributed by atoms with E-state index in [0.29, 0.717) is 16.8 Å². The lowest BCUT2D eigenvalue weighted by molar-refractivity contribution is 0.0549. The van der Waals surface area contributed by atoms with Crippen molar-refractivity contribution in [3.63, 3.8) is 0 Å². The van der Waals surface area contributed by atoms with Crippen molar-refractivity contribution < 1.29 is 14.4 Å². The summed E-state index contributed by atoms with van der Waals surface area (Å²) in [5.74, 6) is -0.453. The number of anilines is 1. The van der Waals surface area contributed by atoms with Crippen LogP contribution in [-0.2, 0) is 0 Å². The van der Waals surface area contributed by atoms with Gasteiger partial charge in [0.2, 0.25) is 0 Å². The summed E-state index contributed by atoms with van der Waals surface area (Å²) in [4.78, 5) is 37.9. The minimum atomic E-state index is -0.360. The maximum Gasteiger partial charge on any atom is 0.318 e. The molecule has 0 radical (unpaired) electrons. The van der Waals surface area contributed by atoms with Crippen molar-refractivity contribution >= 4 is 23.5 Å². The second kappa shape index (κ2) is 5.79. The van der Waals surface area contributed by atoms with E-state index in [0.717, 1.165) is 25.7 Å². The molecular formula is C16H19N3O3. The third kappa shape index (κ3) is 2.45. The molecule has 0 saturated heterocycles. The van der Waals surface area contributed by atoms with Gasteiger partial charge >= 0.3 is 6.03 Å². The van der Waals surface area contributed by atoms with E-state index in [4.69, 9.17) is 0 Å². The maximum absolute atomic E-state index is 12.6. The Morgan fingerprint density at radius 2 is 1.77 bits per heavy atom. The molecule has 116 valence electrons. The average Bonchev–Trinajstić information content (AvgIpc) is 2.79. The molecule has 6 nitrogen and oxygen atoms in total. The number of amides is 4. The minimum Gasteiger partial charge on any atom is -0.341 e. The summed E-state index contributed by atoms with van der Waals surface area (Å²) in [6, 6.07) is 4.48. The summed E-state index contributed by atoms with van der Waals surface area (Å²) in [6.45, 7) is 0. The number of rotatable bonds is 2. The lowest BCUT2D eigenvalue weighted by Crippen LogP contribution is -2.40. The molecule has 2 aliphatic rings. The molecule has 0 aromatic heterocycles. The van der Waals surface area contributed by atoms with Crippen LogP contribution < -0.4 is 10.6 Å². The van der Waals surface area contributed by atoms with E-state index >= 15 is 0 Å². The summed E-state index contributed by atoms with van der Waals surface area (Å²) >= 11 is 0. The Hall–Kier alpha value is -2.37. The van der Waals surface area contributed by atoms with Crippen LogP contribution >= 0.6 is 0 Å². The number of benzene rings is 1. The molecule has 1 aliphatic carbocycles. The molecule has 2 N–H and O–H groups in total. The number of hydrogen-bond donors (Lipinski definition) is 2. The number of urea groups is 1. The van der Waals surface area contributed by atoms with Gasteiger partial charge in [-0.1, -0.05) is 19.3 Å². The van der Waals surface area contributed by atoms with Gasteiger partial charge in [-0.25, -0.2) is 4.79 Å². The summed E-state index contributed by atoms with van der Waals surface area (Å²) in [5.41, 5.74) is 1.31. The zero-order chi connectivity index (χ0) is 15.7. The van der Waals surface area contributed by atoms with E-state index in [-0.39, 0.29) is 23.9 Å². The van der Waals surface area contributed by atoms with Crippen LogP contribution in [0.1, 0.15) is 52.8 Å². The standard InChI is InChI=1S/C16H19N3O3/c1-17-16(22)18-10-7-8-12-13(9-10)15(21)19(14(12)20)11-5-3-2-4-6-11/h7-9,11H,2-6H2,1H3,(H2,17,18,22). The number of hydrogen-bond acceptors (Lipinski definition) is 3. The van der Waals surface area contributed by atoms with E-state index in [2.05, 4.69) is 10.6 Å². The predicted molar refractivity (Wildman–Crippen MR) is 81.9 cm³/mol. The molecule has 0 atom stereocenters. The van der Waals surface area contributed by atoms with Crippen molar-refractivity contribution in [1.29, 1.82) is 0 Å². The molecule has 1 heterocycles. The van der Waals surface area contributed by atoms with Gasteiger partial charge in [-0.05, 0) is 31.0 Å². The van der Waals surface area contributed by atoms with Crippen LogP contribution in [0.25, 0.3) is 0 Å².